The van der Waals surface area contributed by atoms with Gasteiger partial charge in [-0.25, -0.2) is 9.37 Å². The zero-order valence-electron chi connectivity index (χ0n) is 15.1. The molecule has 0 saturated carbocycles. The molecule has 1 N–H and O–H groups in total. The number of fused-ring (bicyclic) bond motifs is 1. The lowest BCUT2D eigenvalue weighted by Crippen LogP contribution is -2.09. The highest BCUT2D eigenvalue weighted by atomic mass is 19.1. The molecule has 28 heavy (non-hydrogen) atoms. The fourth-order valence-corrected chi connectivity index (χ4v) is 3.52. The van der Waals surface area contributed by atoms with E-state index < -0.39 is 0 Å². The number of halogens is 1. The summed E-state index contributed by atoms with van der Waals surface area (Å²) in [5.41, 5.74) is 5.21. The summed E-state index contributed by atoms with van der Waals surface area (Å²) in [6, 6.07) is 8.56. The third-order valence-electron chi connectivity index (χ3n) is 4.94. The maximum atomic E-state index is 13.4. The van der Waals surface area contributed by atoms with Gasteiger partial charge in [-0.2, -0.15) is 0 Å². The SMILES string of the molecule is Cc1[nH]nnc1-c1ccnc(-c2cn(C[C@@H]3COc4cc(F)ccc43)cn2)c1. The maximum Gasteiger partial charge on any atom is 0.126 e. The predicted molar refractivity (Wildman–Crippen MR) is 100 cm³/mol. The summed E-state index contributed by atoms with van der Waals surface area (Å²) in [7, 11) is 0. The van der Waals surface area contributed by atoms with Gasteiger partial charge in [0.05, 0.1) is 24.3 Å². The average Bonchev–Trinajstić information content (AvgIpc) is 3.43. The molecule has 0 radical (unpaired) electrons. The van der Waals surface area contributed by atoms with Crippen LogP contribution in [-0.2, 0) is 6.54 Å². The van der Waals surface area contributed by atoms with Crippen molar-refractivity contribution >= 4 is 0 Å². The highest BCUT2D eigenvalue weighted by Crippen LogP contribution is 2.35. The van der Waals surface area contributed by atoms with E-state index in [4.69, 9.17) is 4.74 Å². The molecule has 4 aromatic rings. The van der Waals surface area contributed by atoms with E-state index in [1.807, 2.05) is 29.8 Å². The number of aromatic nitrogens is 6. The number of hydrogen-bond acceptors (Lipinski definition) is 5. The third-order valence-corrected chi connectivity index (χ3v) is 4.94. The zero-order chi connectivity index (χ0) is 19.1. The summed E-state index contributed by atoms with van der Waals surface area (Å²) in [6.45, 7) is 3.16. The molecule has 1 atom stereocenters. The summed E-state index contributed by atoms with van der Waals surface area (Å²) < 4.78 is 21.0. The predicted octanol–water partition coefficient (Wildman–Crippen LogP) is 3.35. The van der Waals surface area contributed by atoms with Crippen molar-refractivity contribution in [2.75, 3.05) is 6.61 Å². The van der Waals surface area contributed by atoms with E-state index in [1.54, 1.807) is 18.6 Å². The Balaban J connectivity index is 1.39. The number of H-pyrrole nitrogens is 1. The van der Waals surface area contributed by atoms with Gasteiger partial charge in [0, 0.05) is 42.0 Å². The van der Waals surface area contributed by atoms with Crippen molar-refractivity contribution in [3.05, 3.63) is 66.1 Å². The van der Waals surface area contributed by atoms with E-state index >= 15 is 0 Å². The Morgan fingerprint density at radius 3 is 3.00 bits per heavy atom. The van der Waals surface area contributed by atoms with Gasteiger partial charge >= 0.3 is 0 Å². The van der Waals surface area contributed by atoms with Crippen molar-refractivity contribution < 1.29 is 9.13 Å². The largest absolute Gasteiger partial charge is 0.492 e. The van der Waals surface area contributed by atoms with Crippen molar-refractivity contribution in [2.45, 2.75) is 19.4 Å². The van der Waals surface area contributed by atoms with Crippen LogP contribution in [0.1, 0.15) is 17.2 Å². The van der Waals surface area contributed by atoms with E-state index in [-0.39, 0.29) is 11.7 Å². The molecule has 3 aromatic heterocycles. The van der Waals surface area contributed by atoms with Crippen LogP contribution in [-0.4, -0.2) is 36.6 Å². The van der Waals surface area contributed by atoms with Crippen LogP contribution in [0.15, 0.2) is 49.1 Å². The van der Waals surface area contributed by atoms with E-state index in [2.05, 4.69) is 25.4 Å². The maximum absolute atomic E-state index is 13.4. The molecule has 0 spiro atoms. The molecule has 1 aliphatic rings. The van der Waals surface area contributed by atoms with Crippen LogP contribution in [0.5, 0.6) is 5.75 Å². The lowest BCUT2D eigenvalue weighted by molar-refractivity contribution is 0.318. The fraction of sp³-hybridized carbons (Fsp3) is 0.200. The first-order valence-electron chi connectivity index (χ1n) is 8.96. The van der Waals surface area contributed by atoms with Crippen molar-refractivity contribution in [1.82, 2.24) is 29.9 Å². The molecule has 140 valence electrons. The third kappa shape index (κ3) is 2.92. The smallest absolute Gasteiger partial charge is 0.126 e. The number of rotatable bonds is 4. The summed E-state index contributed by atoms with van der Waals surface area (Å²) in [5.74, 6) is 0.509. The van der Waals surface area contributed by atoms with E-state index in [0.717, 1.165) is 33.9 Å². The zero-order valence-corrected chi connectivity index (χ0v) is 15.1. The minimum atomic E-state index is -0.280. The van der Waals surface area contributed by atoms with Crippen molar-refractivity contribution in [3.8, 4) is 28.4 Å². The van der Waals surface area contributed by atoms with Gasteiger partial charge in [-0.1, -0.05) is 11.3 Å². The molecule has 0 amide bonds. The van der Waals surface area contributed by atoms with E-state index in [1.165, 1.54) is 12.1 Å². The summed E-state index contributed by atoms with van der Waals surface area (Å²) in [6.07, 6.45) is 5.49. The first kappa shape index (κ1) is 16.6. The van der Waals surface area contributed by atoms with Crippen LogP contribution in [0.25, 0.3) is 22.6 Å². The summed E-state index contributed by atoms with van der Waals surface area (Å²) in [5, 5.41) is 10.8. The Morgan fingerprint density at radius 1 is 1.21 bits per heavy atom. The van der Waals surface area contributed by atoms with Crippen molar-refractivity contribution in [3.63, 3.8) is 0 Å². The Bertz CT molecular complexity index is 1150. The van der Waals surface area contributed by atoms with Gasteiger partial charge in [0.25, 0.3) is 0 Å². The standard InChI is InChI=1S/C20H17FN6O/c1-12-20(25-26-24-12)13-4-5-22-17(6-13)18-9-27(11-23-18)8-14-10-28-19-7-15(21)2-3-16(14)19/h2-7,9,11,14H,8,10H2,1H3,(H,24,25,26)/t14-/m1/s1. The second-order valence-corrected chi connectivity index (χ2v) is 6.86. The molecule has 1 aliphatic heterocycles. The lowest BCUT2D eigenvalue weighted by atomic mass is 10.0. The van der Waals surface area contributed by atoms with Gasteiger partial charge in [0.1, 0.15) is 23.0 Å². The molecule has 0 fully saturated rings. The second kappa shape index (κ2) is 6.56. The van der Waals surface area contributed by atoms with Crippen LogP contribution in [0, 0.1) is 12.7 Å². The second-order valence-electron chi connectivity index (χ2n) is 6.86. The van der Waals surface area contributed by atoms with Gasteiger partial charge in [-0.3, -0.25) is 10.1 Å². The van der Waals surface area contributed by atoms with Gasteiger partial charge in [0.2, 0.25) is 0 Å². The molecule has 1 aromatic carbocycles. The van der Waals surface area contributed by atoms with Crippen LogP contribution >= 0.6 is 0 Å². The molecule has 8 heteroatoms. The Labute approximate surface area is 160 Å². The Morgan fingerprint density at radius 2 is 2.14 bits per heavy atom. The quantitative estimate of drug-likeness (QED) is 0.591. The molecular formula is C20H17FN6O. The topological polar surface area (TPSA) is 81.5 Å². The number of benzene rings is 1. The number of nitrogens with one attached hydrogen (secondary N) is 1. The van der Waals surface area contributed by atoms with Gasteiger partial charge in [0.15, 0.2) is 0 Å². The van der Waals surface area contributed by atoms with Crippen LogP contribution in [0.4, 0.5) is 4.39 Å². The van der Waals surface area contributed by atoms with Crippen LogP contribution in [0.2, 0.25) is 0 Å². The molecule has 4 heterocycles. The molecule has 0 aliphatic carbocycles. The minimum absolute atomic E-state index is 0.162. The van der Waals surface area contributed by atoms with Crippen LogP contribution in [0.3, 0.4) is 0 Å². The lowest BCUT2D eigenvalue weighted by Gasteiger charge is -2.09. The molecule has 0 bridgehead atoms. The van der Waals surface area contributed by atoms with Crippen molar-refractivity contribution in [1.29, 1.82) is 0 Å². The highest BCUT2D eigenvalue weighted by Gasteiger charge is 2.25. The van der Waals surface area contributed by atoms with Crippen LogP contribution < -0.4 is 4.74 Å². The fourth-order valence-electron chi connectivity index (χ4n) is 3.52. The summed E-state index contributed by atoms with van der Waals surface area (Å²) >= 11 is 0. The number of aryl methyl sites for hydroxylation is 1. The molecule has 5 rings (SSSR count). The van der Waals surface area contributed by atoms with E-state index in [9.17, 15) is 4.39 Å². The molecule has 0 unspecified atom stereocenters. The molecule has 7 nitrogen and oxygen atoms in total. The Hall–Kier alpha value is -3.55. The average molecular weight is 376 g/mol. The number of hydrogen-bond donors (Lipinski definition) is 1. The first-order chi connectivity index (χ1) is 13.7. The first-order valence-corrected chi connectivity index (χ1v) is 8.96. The number of ether oxygens (including phenoxy) is 1. The monoisotopic (exact) mass is 376 g/mol. The van der Waals surface area contributed by atoms with Gasteiger partial charge < -0.3 is 9.30 Å². The molecular weight excluding hydrogens is 359 g/mol. The number of nitrogens with zero attached hydrogens (tertiary/aromatic N) is 5. The number of pyridine rings is 1. The highest BCUT2D eigenvalue weighted by molar-refractivity contribution is 5.67. The normalized spacial score (nSPS) is 15.4. The van der Waals surface area contributed by atoms with Crippen molar-refractivity contribution in [2.24, 2.45) is 0 Å². The van der Waals surface area contributed by atoms with Gasteiger partial charge in [-0.15, -0.1) is 5.10 Å². The molecule has 0 saturated heterocycles. The number of imidazole rings is 1. The van der Waals surface area contributed by atoms with E-state index in [0.29, 0.717) is 18.9 Å². The summed E-state index contributed by atoms with van der Waals surface area (Å²) in [4.78, 5) is 8.94. The van der Waals surface area contributed by atoms with Gasteiger partial charge in [-0.05, 0) is 25.1 Å². The minimum Gasteiger partial charge on any atom is -0.492 e. The number of aromatic amines is 1. The Kier molecular flexibility index (Phi) is 3.89.